The minimum absolute atomic E-state index is 0.861. The lowest BCUT2D eigenvalue weighted by atomic mass is 10.1. The van der Waals surface area contributed by atoms with Crippen LogP contribution in [0.15, 0.2) is 28.0 Å². The van der Waals surface area contributed by atoms with Crippen molar-refractivity contribution in [3.05, 3.63) is 34.8 Å². The molecule has 0 aliphatic rings. The highest BCUT2D eigenvalue weighted by atomic mass is 32.2. The second-order valence-electron chi connectivity index (χ2n) is 3.31. The lowest BCUT2D eigenvalue weighted by Gasteiger charge is -2.07. The number of ether oxygens (including phenoxy) is 1. The lowest BCUT2D eigenvalue weighted by molar-refractivity contribution is 0.411. The third-order valence-corrected chi connectivity index (χ3v) is 4.04. The normalized spacial score (nSPS) is 10.4. The first-order valence-electron chi connectivity index (χ1n) is 4.82. The lowest BCUT2D eigenvalue weighted by Crippen LogP contribution is -1.91. The summed E-state index contributed by atoms with van der Waals surface area (Å²) >= 11 is 3.24. The van der Waals surface area contributed by atoms with E-state index in [1.807, 2.05) is 6.07 Å². The second kappa shape index (κ2) is 5.32. The average molecular weight is 252 g/mol. The van der Waals surface area contributed by atoms with Crippen LogP contribution in [-0.4, -0.2) is 17.3 Å². The summed E-state index contributed by atoms with van der Waals surface area (Å²) < 4.78 is 6.31. The highest BCUT2D eigenvalue weighted by Crippen LogP contribution is 2.29. The Balaban J connectivity index is 2.11. The Bertz CT molecular complexity index is 457. The minimum Gasteiger partial charge on any atom is -0.496 e. The molecule has 0 saturated heterocycles. The molecule has 1 heterocycles. The monoisotopic (exact) mass is 252 g/mol. The predicted octanol–water partition coefficient (Wildman–Crippen LogP) is 3.15. The molecule has 0 atom stereocenters. The molecule has 0 N–H and O–H groups in total. The van der Waals surface area contributed by atoms with Gasteiger partial charge in [0.1, 0.15) is 11.3 Å². The standard InChI is InChI=1S/C11H12N2OS2/c1-8-3-4-10(14-2)9(5-8)6-15-11-13-12-7-16-11/h3-5,7H,6H2,1-2H3. The molecule has 0 spiro atoms. The van der Waals surface area contributed by atoms with Gasteiger partial charge in [-0.25, -0.2) is 0 Å². The van der Waals surface area contributed by atoms with E-state index in [2.05, 4.69) is 29.3 Å². The van der Waals surface area contributed by atoms with Crippen LogP contribution < -0.4 is 4.74 Å². The average Bonchev–Trinajstić information content (AvgIpc) is 2.79. The molecule has 3 nitrogen and oxygen atoms in total. The van der Waals surface area contributed by atoms with Crippen LogP contribution in [0.25, 0.3) is 0 Å². The molecular weight excluding hydrogens is 240 g/mol. The molecule has 2 aromatic rings. The zero-order valence-corrected chi connectivity index (χ0v) is 10.8. The summed E-state index contributed by atoms with van der Waals surface area (Å²) in [6, 6.07) is 6.20. The van der Waals surface area contributed by atoms with Crippen molar-refractivity contribution < 1.29 is 4.74 Å². The molecule has 0 bridgehead atoms. The largest absolute Gasteiger partial charge is 0.496 e. The number of methoxy groups -OCH3 is 1. The van der Waals surface area contributed by atoms with Crippen LogP contribution in [0.4, 0.5) is 0 Å². The van der Waals surface area contributed by atoms with E-state index in [-0.39, 0.29) is 0 Å². The molecule has 0 amide bonds. The number of hydrogen-bond donors (Lipinski definition) is 0. The summed E-state index contributed by atoms with van der Waals surface area (Å²) in [5.41, 5.74) is 4.19. The molecule has 2 rings (SSSR count). The molecule has 0 fully saturated rings. The Morgan fingerprint density at radius 3 is 3.00 bits per heavy atom. The van der Waals surface area contributed by atoms with Gasteiger partial charge in [0.2, 0.25) is 0 Å². The van der Waals surface area contributed by atoms with Gasteiger partial charge in [0.25, 0.3) is 0 Å². The van der Waals surface area contributed by atoms with E-state index in [1.165, 1.54) is 11.1 Å². The Hall–Kier alpha value is -1.07. The summed E-state index contributed by atoms with van der Waals surface area (Å²) in [6.07, 6.45) is 0. The van der Waals surface area contributed by atoms with Crippen LogP contribution in [0.2, 0.25) is 0 Å². The number of nitrogens with zero attached hydrogens (tertiary/aromatic N) is 2. The van der Waals surface area contributed by atoms with Crippen molar-refractivity contribution in [1.29, 1.82) is 0 Å². The first-order valence-corrected chi connectivity index (χ1v) is 6.68. The summed E-state index contributed by atoms with van der Waals surface area (Å²) in [4.78, 5) is 0. The molecule has 5 heteroatoms. The molecular formula is C11H12N2OS2. The van der Waals surface area contributed by atoms with E-state index >= 15 is 0 Å². The van der Waals surface area contributed by atoms with Crippen LogP contribution in [-0.2, 0) is 5.75 Å². The third kappa shape index (κ3) is 2.74. The first-order chi connectivity index (χ1) is 7.79. The zero-order chi connectivity index (χ0) is 11.4. The van der Waals surface area contributed by atoms with E-state index < -0.39 is 0 Å². The fraction of sp³-hybridized carbons (Fsp3) is 0.273. The van der Waals surface area contributed by atoms with Crippen molar-refractivity contribution in [1.82, 2.24) is 10.2 Å². The second-order valence-corrected chi connectivity index (χ2v) is 5.36. The highest BCUT2D eigenvalue weighted by molar-refractivity contribution is 8.00. The van der Waals surface area contributed by atoms with Gasteiger partial charge in [-0.2, -0.15) is 0 Å². The zero-order valence-electron chi connectivity index (χ0n) is 9.14. The number of benzene rings is 1. The molecule has 16 heavy (non-hydrogen) atoms. The van der Waals surface area contributed by atoms with Gasteiger partial charge >= 0.3 is 0 Å². The topological polar surface area (TPSA) is 35.0 Å². The van der Waals surface area contributed by atoms with Crippen LogP contribution in [0, 0.1) is 6.92 Å². The van der Waals surface area contributed by atoms with Gasteiger partial charge in [0.15, 0.2) is 4.34 Å². The van der Waals surface area contributed by atoms with Gasteiger partial charge in [-0.15, -0.1) is 10.2 Å². The number of hydrogen-bond acceptors (Lipinski definition) is 5. The van der Waals surface area contributed by atoms with E-state index in [9.17, 15) is 0 Å². The smallest absolute Gasteiger partial charge is 0.174 e. The number of thioether (sulfide) groups is 1. The van der Waals surface area contributed by atoms with Gasteiger partial charge in [0.05, 0.1) is 7.11 Å². The Morgan fingerprint density at radius 2 is 2.31 bits per heavy atom. The maximum absolute atomic E-state index is 5.32. The molecule has 0 saturated carbocycles. The molecule has 0 radical (unpaired) electrons. The van der Waals surface area contributed by atoms with Crippen molar-refractivity contribution in [2.45, 2.75) is 17.0 Å². The van der Waals surface area contributed by atoms with Crippen LogP contribution in [0.1, 0.15) is 11.1 Å². The van der Waals surface area contributed by atoms with Crippen molar-refractivity contribution in [2.24, 2.45) is 0 Å². The third-order valence-electron chi connectivity index (χ3n) is 2.13. The van der Waals surface area contributed by atoms with E-state index in [4.69, 9.17) is 4.74 Å². The maximum Gasteiger partial charge on any atom is 0.174 e. The number of aryl methyl sites for hydroxylation is 1. The van der Waals surface area contributed by atoms with Gasteiger partial charge in [0, 0.05) is 11.3 Å². The van der Waals surface area contributed by atoms with Gasteiger partial charge in [-0.1, -0.05) is 40.8 Å². The van der Waals surface area contributed by atoms with E-state index in [0.29, 0.717) is 0 Å². The molecule has 0 unspecified atom stereocenters. The molecule has 1 aromatic carbocycles. The minimum atomic E-state index is 0.861. The summed E-state index contributed by atoms with van der Waals surface area (Å²) in [5.74, 6) is 1.79. The van der Waals surface area contributed by atoms with Crippen molar-refractivity contribution >= 4 is 23.1 Å². The fourth-order valence-electron chi connectivity index (χ4n) is 1.39. The Labute approximate surface area is 103 Å². The number of rotatable bonds is 4. The van der Waals surface area contributed by atoms with Crippen LogP contribution in [0.5, 0.6) is 5.75 Å². The molecule has 0 aliphatic heterocycles. The van der Waals surface area contributed by atoms with Crippen molar-refractivity contribution in [3.63, 3.8) is 0 Å². The quantitative estimate of drug-likeness (QED) is 0.783. The van der Waals surface area contributed by atoms with Crippen molar-refractivity contribution in [3.8, 4) is 5.75 Å². The molecule has 1 aromatic heterocycles. The SMILES string of the molecule is COc1ccc(C)cc1CSc1nncs1. The Morgan fingerprint density at radius 1 is 1.44 bits per heavy atom. The van der Waals surface area contributed by atoms with E-state index in [0.717, 1.165) is 15.8 Å². The highest BCUT2D eigenvalue weighted by Gasteiger charge is 2.05. The van der Waals surface area contributed by atoms with Gasteiger partial charge in [-0.05, 0) is 13.0 Å². The summed E-state index contributed by atoms with van der Waals surface area (Å²) in [7, 11) is 1.70. The Kier molecular flexibility index (Phi) is 3.79. The maximum atomic E-state index is 5.32. The first kappa shape index (κ1) is 11.4. The molecule has 0 aliphatic carbocycles. The molecule has 84 valence electrons. The van der Waals surface area contributed by atoms with Gasteiger partial charge in [-0.3, -0.25) is 0 Å². The summed E-state index contributed by atoms with van der Waals surface area (Å²) in [5, 5.41) is 7.81. The van der Waals surface area contributed by atoms with E-state index in [1.54, 1.807) is 35.7 Å². The van der Waals surface area contributed by atoms with Crippen LogP contribution in [0.3, 0.4) is 0 Å². The number of aromatic nitrogens is 2. The predicted molar refractivity (Wildman–Crippen MR) is 67.2 cm³/mol. The summed E-state index contributed by atoms with van der Waals surface area (Å²) in [6.45, 7) is 2.08. The fourth-order valence-corrected chi connectivity index (χ4v) is 2.85. The van der Waals surface area contributed by atoms with Gasteiger partial charge < -0.3 is 4.74 Å². The van der Waals surface area contributed by atoms with Crippen LogP contribution >= 0.6 is 23.1 Å². The van der Waals surface area contributed by atoms with Crippen molar-refractivity contribution in [2.75, 3.05) is 7.11 Å².